The number of aliphatic carboxylic acids is 1. The van der Waals surface area contributed by atoms with E-state index in [1.807, 2.05) is 0 Å². The maximum atomic E-state index is 11.6. The van der Waals surface area contributed by atoms with Gasteiger partial charge in [-0.15, -0.1) is 0 Å². The highest BCUT2D eigenvalue weighted by Gasteiger charge is 2.56. The van der Waals surface area contributed by atoms with E-state index in [1.54, 1.807) is 0 Å². The van der Waals surface area contributed by atoms with Crippen LogP contribution in [0.3, 0.4) is 0 Å². The summed E-state index contributed by atoms with van der Waals surface area (Å²) in [5.41, 5.74) is -0.241. The van der Waals surface area contributed by atoms with Crippen molar-refractivity contribution in [3.63, 3.8) is 0 Å². The van der Waals surface area contributed by atoms with Crippen LogP contribution in [0.15, 0.2) is 0 Å². The molecule has 0 spiro atoms. The highest BCUT2D eigenvalue weighted by atomic mass is 16.5. The van der Waals surface area contributed by atoms with Crippen molar-refractivity contribution in [1.29, 1.82) is 0 Å². The van der Waals surface area contributed by atoms with Gasteiger partial charge in [0.05, 0.1) is 7.11 Å². The topological polar surface area (TPSA) is 75.6 Å². The Morgan fingerprint density at radius 1 is 1.16 bits per heavy atom. The molecule has 4 rings (SSSR count). The maximum Gasteiger partial charge on any atom is 0.407 e. The number of hydrogen-bond donors (Lipinski definition) is 2. The summed E-state index contributed by atoms with van der Waals surface area (Å²) in [7, 11) is 1.27. The number of ether oxygens (including phenoxy) is 1. The molecule has 0 aliphatic heterocycles. The molecule has 0 aromatic heterocycles. The van der Waals surface area contributed by atoms with Gasteiger partial charge >= 0.3 is 12.1 Å². The van der Waals surface area contributed by atoms with E-state index in [2.05, 4.69) is 10.1 Å². The lowest BCUT2D eigenvalue weighted by Crippen LogP contribution is -2.59. The summed E-state index contributed by atoms with van der Waals surface area (Å²) in [5, 5.41) is 12.1. The monoisotopic (exact) mass is 267 g/mol. The van der Waals surface area contributed by atoms with Gasteiger partial charge in [-0.3, -0.25) is 0 Å². The van der Waals surface area contributed by atoms with Gasteiger partial charge in [-0.25, -0.2) is 9.59 Å². The molecule has 1 amide bonds. The molecule has 5 heteroatoms. The fourth-order valence-corrected chi connectivity index (χ4v) is 5.18. The average molecular weight is 267 g/mol. The van der Waals surface area contributed by atoms with Crippen molar-refractivity contribution in [3.05, 3.63) is 0 Å². The summed E-state index contributed by atoms with van der Waals surface area (Å²) in [6, 6.07) is -0.798. The van der Waals surface area contributed by atoms with E-state index in [4.69, 9.17) is 0 Å². The van der Waals surface area contributed by atoms with Crippen LogP contribution < -0.4 is 5.32 Å². The molecule has 1 unspecified atom stereocenters. The van der Waals surface area contributed by atoms with E-state index >= 15 is 0 Å². The lowest BCUT2D eigenvalue weighted by molar-refractivity contribution is -0.151. The van der Waals surface area contributed by atoms with Crippen LogP contribution in [0.2, 0.25) is 0 Å². The van der Waals surface area contributed by atoms with E-state index in [1.165, 1.54) is 26.4 Å². The molecule has 0 heterocycles. The Hall–Kier alpha value is -1.26. The third kappa shape index (κ3) is 2.09. The molecule has 2 N–H and O–H groups in total. The van der Waals surface area contributed by atoms with E-state index < -0.39 is 18.1 Å². The second-order valence-corrected chi connectivity index (χ2v) is 6.69. The van der Waals surface area contributed by atoms with E-state index in [0.717, 1.165) is 19.3 Å². The van der Waals surface area contributed by atoms with Crippen LogP contribution in [0.4, 0.5) is 4.79 Å². The van der Waals surface area contributed by atoms with Gasteiger partial charge in [-0.05, 0) is 56.3 Å². The fraction of sp³-hybridized carbons (Fsp3) is 0.857. The van der Waals surface area contributed by atoms with Crippen molar-refractivity contribution in [1.82, 2.24) is 5.32 Å². The zero-order chi connectivity index (χ0) is 13.6. The minimum atomic E-state index is -0.924. The van der Waals surface area contributed by atoms with Crippen LogP contribution >= 0.6 is 0 Å². The molecule has 5 nitrogen and oxygen atoms in total. The quantitative estimate of drug-likeness (QED) is 0.820. The molecular weight excluding hydrogens is 246 g/mol. The normalized spacial score (nSPS) is 40.8. The van der Waals surface area contributed by atoms with Gasteiger partial charge in [0, 0.05) is 5.41 Å². The number of rotatable bonds is 3. The maximum absolute atomic E-state index is 11.6. The van der Waals surface area contributed by atoms with Crippen LogP contribution in [0.1, 0.15) is 38.5 Å². The zero-order valence-corrected chi connectivity index (χ0v) is 11.2. The van der Waals surface area contributed by atoms with Crippen LogP contribution in [0, 0.1) is 23.2 Å². The summed E-state index contributed by atoms with van der Waals surface area (Å²) in [4.78, 5) is 23.0. The molecule has 4 aliphatic rings. The SMILES string of the molecule is COC(=O)NC(C(=O)O)C12CC3CC(CC(C3)C1)C2. The molecule has 4 aliphatic carbocycles. The number of carbonyl (C=O) groups is 2. The highest BCUT2D eigenvalue weighted by molar-refractivity contribution is 5.80. The Morgan fingerprint density at radius 2 is 1.63 bits per heavy atom. The minimum Gasteiger partial charge on any atom is -0.480 e. The van der Waals surface area contributed by atoms with Crippen molar-refractivity contribution in [2.24, 2.45) is 23.2 Å². The first-order valence-corrected chi connectivity index (χ1v) is 7.10. The van der Waals surface area contributed by atoms with Crippen molar-refractivity contribution in [3.8, 4) is 0 Å². The molecule has 1 atom stereocenters. The number of nitrogens with one attached hydrogen (secondary N) is 1. The minimum absolute atomic E-state index is 0.241. The summed E-state index contributed by atoms with van der Waals surface area (Å²) < 4.78 is 4.58. The van der Waals surface area contributed by atoms with Crippen molar-refractivity contribution < 1.29 is 19.4 Å². The Labute approximate surface area is 112 Å². The average Bonchev–Trinajstić information content (AvgIpc) is 2.33. The third-order valence-corrected chi connectivity index (χ3v) is 5.39. The van der Waals surface area contributed by atoms with Crippen LogP contribution in [0.25, 0.3) is 0 Å². The van der Waals surface area contributed by atoms with Crippen LogP contribution in [-0.4, -0.2) is 30.3 Å². The van der Waals surface area contributed by atoms with Gasteiger partial charge in [-0.2, -0.15) is 0 Å². The molecule has 4 fully saturated rings. The van der Waals surface area contributed by atoms with Gasteiger partial charge in [-0.1, -0.05) is 0 Å². The van der Waals surface area contributed by atoms with Gasteiger partial charge < -0.3 is 15.2 Å². The van der Waals surface area contributed by atoms with Gasteiger partial charge in [0.25, 0.3) is 0 Å². The lowest BCUT2D eigenvalue weighted by atomic mass is 9.47. The second-order valence-electron chi connectivity index (χ2n) is 6.69. The summed E-state index contributed by atoms with van der Waals surface area (Å²) in [6.45, 7) is 0. The van der Waals surface area contributed by atoms with E-state index in [9.17, 15) is 14.7 Å². The van der Waals surface area contributed by atoms with Crippen molar-refractivity contribution >= 4 is 12.1 Å². The first-order chi connectivity index (χ1) is 9.02. The number of hydrogen-bond acceptors (Lipinski definition) is 3. The first-order valence-electron chi connectivity index (χ1n) is 7.10. The van der Waals surface area contributed by atoms with Crippen molar-refractivity contribution in [2.75, 3.05) is 7.11 Å². The number of amides is 1. The Bertz CT molecular complexity index is 371. The predicted molar refractivity (Wildman–Crippen MR) is 67.6 cm³/mol. The second kappa shape index (κ2) is 4.39. The molecule has 4 saturated carbocycles. The van der Waals surface area contributed by atoms with Gasteiger partial charge in [0.2, 0.25) is 0 Å². The molecule has 19 heavy (non-hydrogen) atoms. The van der Waals surface area contributed by atoms with E-state index in [-0.39, 0.29) is 5.41 Å². The fourth-order valence-electron chi connectivity index (χ4n) is 5.18. The molecule has 106 valence electrons. The molecule has 0 saturated heterocycles. The number of carboxylic acid groups (broad SMARTS) is 1. The summed E-state index contributed by atoms with van der Waals surface area (Å²) in [5.74, 6) is 1.06. The molecule has 0 aromatic carbocycles. The third-order valence-electron chi connectivity index (χ3n) is 5.39. The zero-order valence-electron chi connectivity index (χ0n) is 11.2. The summed E-state index contributed by atoms with van der Waals surface area (Å²) in [6.07, 6.45) is 5.96. The summed E-state index contributed by atoms with van der Waals surface area (Å²) >= 11 is 0. The van der Waals surface area contributed by atoms with Gasteiger partial charge in [0.15, 0.2) is 0 Å². The Kier molecular flexibility index (Phi) is 2.95. The van der Waals surface area contributed by atoms with Crippen molar-refractivity contribution in [2.45, 2.75) is 44.6 Å². The molecular formula is C14H21NO4. The Morgan fingerprint density at radius 3 is 2.00 bits per heavy atom. The van der Waals surface area contributed by atoms with Crippen LogP contribution in [-0.2, 0) is 9.53 Å². The van der Waals surface area contributed by atoms with Crippen LogP contribution in [0.5, 0.6) is 0 Å². The lowest BCUT2D eigenvalue weighted by Gasteiger charge is -2.58. The van der Waals surface area contributed by atoms with Gasteiger partial charge in [0.1, 0.15) is 6.04 Å². The smallest absolute Gasteiger partial charge is 0.407 e. The standard InChI is InChI=1S/C14H21NO4/c1-19-13(18)15-11(12(16)17)14-5-8-2-9(6-14)4-10(3-8)7-14/h8-11H,2-7H2,1H3,(H,15,18)(H,16,17). The van der Waals surface area contributed by atoms with E-state index in [0.29, 0.717) is 17.8 Å². The number of carboxylic acids is 1. The molecule has 0 radical (unpaired) electrons. The molecule has 0 aromatic rings. The number of alkyl carbamates (subject to hydrolysis) is 1. The molecule has 4 bridgehead atoms. The number of methoxy groups -OCH3 is 1. The highest BCUT2D eigenvalue weighted by Crippen LogP contribution is 2.61. The first kappa shape index (κ1) is 12.8. The largest absolute Gasteiger partial charge is 0.480 e. The predicted octanol–water partition coefficient (Wildman–Crippen LogP) is 2.01. The Balaban J connectivity index is 1.85. The number of carbonyl (C=O) groups excluding carboxylic acids is 1.